The van der Waals surface area contributed by atoms with Crippen LogP contribution in [0.3, 0.4) is 0 Å². The molecule has 0 unspecified atom stereocenters. The number of hydrogen-bond acceptors (Lipinski definition) is 3. The van der Waals surface area contributed by atoms with Gasteiger partial charge in [0.05, 0.1) is 11.4 Å². The van der Waals surface area contributed by atoms with Crippen LogP contribution in [0.15, 0.2) is 6.07 Å². The highest BCUT2D eigenvalue weighted by Gasteiger charge is 2.30. The predicted molar refractivity (Wildman–Crippen MR) is 76.9 cm³/mol. The maximum absolute atomic E-state index is 9.68. The summed E-state index contributed by atoms with van der Waals surface area (Å²) in [6, 6.07) is 2.17. The molecule has 1 aliphatic rings. The van der Waals surface area contributed by atoms with E-state index in [-0.39, 0.29) is 5.41 Å². The minimum atomic E-state index is 0.116. The van der Waals surface area contributed by atoms with E-state index < -0.39 is 0 Å². The molecule has 4 nitrogen and oxygen atoms in total. The number of aromatic nitrogens is 2. The number of aryl methyl sites for hydroxylation is 2. The van der Waals surface area contributed by atoms with Crippen LogP contribution in [0.1, 0.15) is 50.4 Å². The van der Waals surface area contributed by atoms with Crippen LogP contribution >= 0.6 is 0 Å². The van der Waals surface area contributed by atoms with Gasteiger partial charge in [-0.15, -0.1) is 0 Å². The molecule has 0 spiro atoms. The average molecular weight is 265 g/mol. The Balaban J connectivity index is 1.86. The summed E-state index contributed by atoms with van der Waals surface area (Å²) in [4.78, 5) is 0. The number of aliphatic hydroxyl groups is 1. The number of rotatable bonds is 6. The molecular weight excluding hydrogens is 238 g/mol. The zero-order valence-electron chi connectivity index (χ0n) is 12.3. The van der Waals surface area contributed by atoms with E-state index in [0.717, 1.165) is 38.0 Å². The molecule has 0 atom stereocenters. The minimum Gasteiger partial charge on any atom is -0.396 e. The van der Waals surface area contributed by atoms with Crippen molar-refractivity contribution in [1.29, 1.82) is 0 Å². The minimum absolute atomic E-state index is 0.116. The molecule has 1 aromatic heterocycles. The summed E-state index contributed by atoms with van der Waals surface area (Å²) < 4.78 is 1.96. The first-order chi connectivity index (χ1) is 9.19. The van der Waals surface area contributed by atoms with Crippen LogP contribution in [0.2, 0.25) is 0 Å². The lowest BCUT2D eigenvalue weighted by atomic mass is 9.74. The predicted octanol–water partition coefficient (Wildman–Crippen LogP) is 2.01. The summed E-state index contributed by atoms with van der Waals surface area (Å²) in [7, 11) is 2.00. The first-order valence-electron chi connectivity index (χ1n) is 7.52. The van der Waals surface area contributed by atoms with Crippen molar-refractivity contribution in [3.8, 4) is 0 Å². The van der Waals surface area contributed by atoms with Crippen LogP contribution in [0.4, 0.5) is 0 Å². The van der Waals surface area contributed by atoms with Gasteiger partial charge in [0.25, 0.3) is 0 Å². The molecule has 1 aromatic rings. The second-order valence-electron chi connectivity index (χ2n) is 5.93. The van der Waals surface area contributed by atoms with Gasteiger partial charge in [-0.1, -0.05) is 26.2 Å². The van der Waals surface area contributed by atoms with Crippen molar-refractivity contribution >= 4 is 0 Å². The molecule has 19 heavy (non-hydrogen) atoms. The Labute approximate surface area is 116 Å². The molecule has 2 rings (SSSR count). The lowest BCUT2D eigenvalue weighted by molar-refractivity contribution is 0.0809. The first kappa shape index (κ1) is 14.5. The zero-order chi connectivity index (χ0) is 13.7. The van der Waals surface area contributed by atoms with Gasteiger partial charge < -0.3 is 10.4 Å². The third-order valence-electron chi connectivity index (χ3n) is 4.45. The third-order valence-corrected chi connectivity index (χ3v) is 4.45. The average Bonchev–Trinajstić information content (AvgIpc) is 2.81. The first-order valence-corrected chi connectivity index (χ1v) is 7.52. The number of nitrogens with one attached hydrogen (secondary N) is 1. The summed E-state index contributed by atoms with van der Waals surface area (Å²) in [5.41, 5.74) is 2.49. The number of aliphatic hydroxyl groups excluding tert-OH is 1. The molecule has 4 heteroatoms. The van der Waals surface area contributed by atoms with Gasteiger partial charge in [-0.3, -0.25) is 4.68 Å². The van der Waals surface area contributed by atoms with Crippen LogP contribution in [0, 0.1) is 5.41 Å². The van der Waals surface area contributed by atoms with Crippen molar-refractivity contribution in [3.63, 3.8) is 0 Å². The lowest BCUT2D eigenvalue weighted by Gasteiger charge is -2.35. The maximum Gasteiger partial charge on any atom is 0.0625 e. The quantitative estimate of drug-likeness (QED) is 0.827. The summed E-state index contributed by atoms with van der Waals surface area (Å²) in [6.45, 7) is 4.19. The molecule has 1 fully saturated rings. The van der Waals surface area contributed by atoms with Crippen LogP contribution < -0.4 is 5.32 Å². The van der Waals surface area contributed by atoms with E-state index >= 15 is 0 Å². The van der Waals surface area contributed by atoms with Gasteiger partial charge in [0, 0.05) is 32.2 Å². The largest absolute Gasteiger partial charge is 0.396 e. The molecule has 0 radical (unpaired) electrons. The fraction of sp³-hybridized carbons (Fsp3) is 0.800. The van der Waals surface area contributed by atoms with Crippen LogP contribution in [-0.4, -0.2) is 28.0 Å². The topological polar surface area (TPSA) is 50.1 Å². The van der Waals surface area contributed by atoms with Gasteiger partial charge in [-0.25, -0.2) is 0 Å². The number of hydrogen-bond donors (Lipinski definition) is 2. The molecule has 0 bridgehead atoms. The standard InChI is InChI=1S/C15H27N3O/c1-3-13-9-14(18(2)17-13)10-16-11-15(12-19)7-5-4-6-8-15/h9,16,19H,3-8,10-12H2,1-2H3. The fourth-order valence-electron chi connectivity index (χ4n) is 3.06. The van der Waals surface area contributed by atoms with Crippen molar-refractivity contribution < 1.29 is 5.11 Å². The summed E-state index contributed by atoms with van der Waals surface area (Å²) in [5, 5.41) is 17.7. The Hall–Kier alpha value is -0.870. The van der Waals surface area contributed by atoms with Crippen molar-refractivity contribution in [2.24, 2.45) is 12.5 Å². The Kier molecular flexibility index (Phi) is 4.99. The highest BCUT2D eigenvalue weighted by Crippen LogP contribution is 2.35. The van der Waals surface area contributed by atoms with E-state index in [1.807, 2.05) is 11.7 Å². The molecule has 1 aliphatic carbocycles. The van der Waals surface area contributed by atoms with E-state index in [2.05, 4.69) is 23.4 Å². The van der Waals surface area contributed by atoms with E-state index in [1.54, 1.807) is 0 Å². The van der Waals surface area contributed by atoms with Crippen LogP contribution in [0.25, 0.3) is 0 Å². The Morgan fingerprint density at radius 3 is 2.68 bits per heavy atom. The molecule has 108 valence electrons. The smallest absolute Gasteiger partial charge is 0.0625 e. The lowest BCUT2D eigenvalue weighted by Crippen LogP contribution is -2.39. The highest BCUT2D eigenvalue weighted by molar-refractivity contribution is 5.10. The molecular formula is C15H27N3O. The SMILES string of the molecule is CCc1cc(CNCC2(CO)CCCCC2)n(C)n1. The summed E-state index contributed by atoms with van der Waals surface area (Å²) in [5.74, 6) is 0. The van der Waals surface area contributed by atoms with Crippen LogP contribution in [-0.2, 0) is 20.0 Å². The fourth-order valence-corrected chi connectivity index (χ4v) is 3.06. The van der Waals surface area contributed by atoms with Gasteiger partial charge in [-0.05, 0) is 25.3 Å². The van der Waals surface area contributed by atoms with E-state index in [0.29, 0.717) is 6.61 Å². The van der Waals surface area contributed by atoms with Gasteiger partial charge in [-0.2, -0.15) is 5.10 Å². The molecule has 1 saturated carbocycles. The third kappa shape index (κ3) is 3.57. The van der Waals surface area contributed by atoms with E-state index in [9.17, 15) is 5.11 Å². The molecule has 1 heterocycles. The number of nitrogens with zero attached hydrogens (tertiary/aromatic N) is 2. The van der Waals surface area contributed by atoms with Gasteiger partial charge in [0.2, 0.25) is 0 Å². The molecule has 0 aliphatic heterocycles. The van der Waals surface area contributed by atoms with Crippen molar-refractivity contribution in [1.82, 2.24) is 15.1 Å². The Morgan fingerprint density at radius 1 is 1.37 bits per heavy atom. The van der Waals surface area contributed by atoms with Gasteiger partial charge >= 0.3 is 0 Å². The monoisotopic (exact) mass is 265 g/mol. The van der Waals surface area contributed by atoms with Crippen molar-refractivity contribution in [2.45, 2.75) is 52.0 Å². The maximum atomic E-state index is 9.68. The van der Waals surface area contributed by atoms with E-state index in [1.165, 1.54) is 25.0 Å². The van der Waals surface area contributed by atoms with E-state index in [4.69, 9.17) is 0 Å². The van der Waals surface area contributed by atoms with Crippen molar-refractivity contribution in [3.05, 3.63) is 17.5 Å². The van der Waals surface area contributed by atoms with Gasteiger partial charge in [0.1, 0.15) is 0 Å². The molecule has 2 N–H and O–H groups in total. The second-order valence-corrected chi connectivity index (χ2v) is 5.93. The summed E-state index contributed by atoms with van der Waals surface area (Å²) >= 11 is 0. The Morgan fingerprint density at radius 2 is 2.11 bits per heavy atom. The molecule has 0 saturated heterocycles. The zero-order valence-corrected chi connectivity index (χ0v) is 12.3. The molecule has 0 aromatic carbocycles. The van der Waals surface area contributed by atoms with Gasteiger partial charge in [0.15, 0.2) is 0 Å². The summed E-state index contributed by atoms with van der Waals surface area (Å²) in [6.07, 6.45) is 7.13. The Bertz CT molecular complexity index is 394. The van der Waals surface area contributed by atoms with Crippen LogP contribution in [0.5, 0.6) is 0 Å². The molecule has 0 amide bonds. The normalized spacial score (nSPS) is 18.7. The second kappa shape index (κ2) is 6.53. The van der Waals surface area contributed by atoms with Crippen molar-refractivity contribution in [2.75, 3.05) is 13.2 Å². The highest BCUT2D eigenvalue weighted by atomic mass is 16.3.